The number of hydrogen-bond acceptors (Lipinski definition) is 3. The maximum atomic E-state index is 12.3. The van der Waals surface area contributed by atoms with Gasteiger partial charge in [0.2, 0.25) is 0 Å². The Balaban J connectivity index is 2.07. The van der Waals surface area contributed by atoms with Crippen LogP contribution in [0.3, 0.4) is 0 Å². The van der Waals surface area contributed by atoms with Gasteiger partial charge >= 0.3 is 12.0 Å². The Kier molecular flexibility index (Phi) is 4.82. The van der Waals surface area contributed by atoms with Gasteiger partial charge < -0.3 is 15.3 Å². The van der Waals surface area contributed by atoms with Crippen molar-refractivity contribution in [3.8, 4) is 0 Å². The highest BCUT2D eigenvalue weighted by molar-refractivity contribution is 5.92. The van der Waals surface area contributed by atoms with E-state index < -0.39 is 12.0 Å². The Hall–Kier alpha value is -2.05. The second-order valence-corrected chi connectivity index (χ2v) is 5.63. The molecule has 2 rings (SSSR count). The van der Waals surface area contributed by atoms with Crippen molar-refractivity contribution in [3.63, 3.8) is 0 Å². The molecule has 0 spiro atoms. The van der Waals surface area contributed by atoms with Crippen molar-refractivity contribution < 1.29 is 14.7 Å². The molecule has 0 aliphatic carbocycles. The molecule has 0 radical (unpaired) electrons. The van der Waals surface area contributed by atoms with Crippen LogP contribution in [-0.4, -0.2) is 44.4 Å². The molecule has 0 bridgehead atoms. The first-order chi connectivity index (χ1) is 9.99. The molecule has 2 amide bonds. The van der Waals surface area contributed by atoms with Gasteiger partial charge in [-0.05, 0) is 26.7 Å². The fraction of sp³-hybridized carbons (Fsp3) is 0.643. The molecule has 1 atom stereocenters. The second kappa shape index (κ2) is 6.60. The van der Waals surface area contributed by atoms with Crippen molar-refractivity contribution in [2.24, 2.45) is 0 Å². The molecule has 1 aliphatic heterocycles. The molecule has 21 heavy (non-hydrogen) atoms. The van der Waals surface area contributed by atoms with Crippen molar-refractivity contribution >= 4 is 17.7 Å². The number of amides is 2. The monoisotopic (exact) mass is 294 g/mol. The number of nitrogens with one attached hydrogen (secondary N) is 1. The highest BCUT2D eigenvalue weighted by Gasteiger charge is 2.30. The predicted molar refractivity (Wildman–Crippen MR) is 78.2 cm³/mol. The predicted octanol–water partition coefficient (Wildman–Crippen LogP) is 2.33. The number of anilines is 1. The molecule has 1 unspecified atom stereocenters. The van der Waals surface area contributed by atoms with E-state index in [1.165, 1.54) is 4.90 Å². The van der Waals surface area contributed by atoms with Crippen molar-refractivity contribution in [1.82, 2.24) is 14.7 Å². The summed E-state index contributed by atoms with van der Waals surface area (Å²) in [5, 5.41) is 16.2. The van der Waals surface area contributed by atoms with E-state index in [9.17, 15) is 14.7 Å². The number of nitrogens with zero attached hydrogens (tertiary/aromatic N) is 3. The molecule has 2 N–H and O–H groups in total. The summed E-state index contributed by atoms with van der Waals surface area (Å²) in [6, 6.07) is -0.902. The number of urea groups is 1. The summed E-state index contributed by atoms with van der Waals surface area (Å²) >= 11 is 0. The fourth-order valence-corrected chi connectivity index (χ4v) is 2.49. The first kappa shape index (κ1) is 15.3. The third-order valence-corrected chi connectivity index (χ3v) is 3.68. The average Bonchev–Trinajstić information content (AvgIpc) is 2.74. The molecule has 0 saturated carbocycles. The Bertz CT molecular complexity index is 512. The number of aliphatic carboxylic acids is 1. The Morgan fingerprint density at radius 1 is 1.38 bits per heavy atom. The zero-order chi connectivity index (χ0) is 15.4. The van der Waals surface area contributed by atoms with Gasteiger partial charge in [0, 0.05) is 18.8 Å². The smallest absolute Gasteiger partial charge is 0.326 e. The first-order valence-corrected chi connectivity index (χ1v) is 7.33. The Morgan fingerprint density at radius 3 is 2.76 bits per heavy atom. The minimum absolute atomic E-state index is 0.209. The van der Waals surface area contributed by atoms with Crippen LogP contribution in [0.25, 0.3) is 0 Å². The number of aromatic nitrogens is 2. The molecule has 1 saturated heterocycles. The van der Waals surface area contributed by atoms with E-state index >= 15 is 0 Å². The minimum Gasteiger partial charge on any atom is -0.480 e. The number of carbonyl (C=O) groups is 2. The van der Waals surface area contributed by atoms with E-state index in [0.717, 1.165) is 19.3 Å². The minimum atomic E-state index is -0.940. The molecular formula is C14H22N4O3. The lowest BCUT2D eigenvalue weighted by Crippen LogP contribution is -2.46. The normalized spacial score (nSPS) is 19.4. The topological polar surface area (TPSA) is 87.5 Å². The standard InChI is InChI=1S/C14H22N4O3/c1-10(2)18-9-11(8-15-18)16-14(21)17-7-5-3-4-6-12(17)13(19)20/h8-10,12H,3-7H2,1-2H3,(H,16,21)(H,19,20). The van der Waals surface area contributed by atoms with Gasteiger partial charge in [-0.2, -0.15) is 5.10 Å². The summed E-state index contributed by atoms with van der Waals surface area (Å²) in [4.78, 5) is 25.1. The summed E-state index contributed by atoms with van der Waals surface area (Å²) in [5.74, 6) is -0.940. The quantitative estimate of drug-likeness (QED) is 0.895. The van der Waals surface area contributed by atoms with Crippen LogP contribution in [0, 0.1) is 0 Å². The summed E-state index contributed by atoms with van der Waals surface area (Å²) in [7, 11) is 0. The van der Waals surface area contributed by atoms with Gasteiger partial charge in [-0.15, -0.1) is 0 Å². The van der Waals surface area contributed by atoms with Crippen molar-refractivity contribution in [3.05, 3.63) is 12.4 Å². The molecule has 7 nitrogen and oxygen atoms in total. The van der Waals surface area contributed by atoms with E-state index in [1.54, 1.807) is 17.1 Å². The maximum Gasteiger partial charge on any atom is 0.326 e. The molecular weight excluding hydrogens is 272 g/mol. The SMILES string of the molecule is CC(C)n1cc(NC(=O)N2CCCCCC2C(=O)O)cn1. The highest BCUT2D eigenvalue weighted by atomic mass is 16.4. The van der Waals surface area contributed by atoms with Gasteiger partial charge in [0.25, 0.3) is 0 Å². The third kappa shape index (κ3) is 3.74. The molecule has 1 fully saturated rings. The van der Waals surface area contributed by atoms with E-state index in [2.05, 4.69) is 10.4 Å². The zero-order valence-electron chi connectivity index (χ0n) is 12.5. The maximum absolute atomic E-state index is 12.3. The largest absolute Gasteiger partial charge is 0.480 e. The van der Waals surface area contributed by atoms with Crippen LogP contribution in [0.5, 0.6) is 0 Å². The molecule has 116 valence electrons. The molecule has 7 heteroatoms. The van der Waals surface area contributed by atoms with E-state index in [0.29, 0.717) is 18.7 Å². The van der Waals surface area contributed by atoms with Crippen LogP contribution in [0.4, 0.5) is 10.5 Å². The fourth-order valence-electron chi connectivity index (χ4n) is 2.49. The van der Waals surface area contributed by atoms with Gasteiger partial charge in [-0.25, -0.2) is 9.59 Å². The summed E-state index contributed by atoms with van der Waals surface area (Å²) in [6.45, 7) is 4.46. The Morgan fingerprint density at radius 2 is 2.14 bits per heavy atom. The molecule has 1 aromatic rings. The van der Waals surface area contributed by atoms with Crippen LogP contribution >= 0.6 is 0 Å². The lowest BCUT2D eigenvalue weighted by Gasteiger charge is -2.26. The van der Waals surface area contributed by atoms with Gasteiger partial charge in [-0.3, -0.25) is 4.68 Å². The van der Waals surface area contributed by atoms with Crippen LogP contribution in [0.15, 0.2) is 12.4 Å². The van der Waals surface area contributed by atoms with Crippen LogP contribution in [-0.2, 0) is 4.79 Å². The summed E-state index contributed by atoms with van der Waals surface area (Å²) in [5.41, 5.74) is 0.585. The van der Waals surface area contributed by atoms with Crippen molar-refractivity contribution in [2.75, 3.05) is 11.9 Å². The molecule has 0 aromatic carbocycles. The lowest BCUT2D eigenvalue weighted by molar-refractivity contribution is -0.142. The number of likely N-dealkylation sites (tertiary alicyclic amines) is 1. The zero-order valence-corrected chi connectivity index (χ0v) is 12.5. The van der Waals surface area contributed by atoms with Gasteiger partial charge in [0.15, 0.2) is 0 Å². The number of carboxylic acid groups (broad SMARTS) is 1. The van der Waals surface area contributed by atoms with Crippen LogP contribution in [0.2, 0.25) is 0 Å². The average molecular weight is 294 g/mol. The van der Waals surface area contributed by atoms with Crippen molar-refractivity contribution in [2.45, 2.75) is 51.6 Å². The highest BCUT2D eigenvalue weighted by Crippen LogP contribution is 2.19. The third-order valence-electron chi connectivity index (χ3n) is 3.68. The summed E-state index contributed by atoms with van der Waals surface area (Å²) in [6.07, 6.45) is 6.46. The first-order valence-electron chi connectivity index (χ1n) is 7.33. The number of rotatable bonds is 3. The number of hydrogen-bond donors (Lipinski definition) is 2. The van der Waals surface area contributed by atoms with Crippen LogP contribution < -0.4 is 5.32 Å². The van der Waals surface area contributed by atoms with E-state index in [1.807, 2.05) is 13.8 Å². The molecule has 2 heterocycles. The molecule has 1 aliphatic rings. The van der Waals surface area contributed by atoms with E-state index in [-0.39, 0.29) is 12.1 Å². The van der Waals surface area contributed by atoms with Gasteiger partial charge in [-0.1, -0.05) is 12.8 Å². The van der Waals surface area contributed by atoms with E-state index in [4.69, 9.17) is 0 Å². The van der Waals surface area contributed by atoms with Gasteiger partial charge in [0.1, 0.15) is 6.04 Å². The van der Waals surface area contributed by atoms with Crippen molar-refractivity contribution in [1.29, 1.82) is 0 Å². The lowest BCUT2D eigenvalue weighted by atomic mass is 10.1. The van der Waals surface area contributed by atoms with Gasteiger partial charge in [0.05, 0.1) is 11.9 Å². The number of carbonyl (C=O) groups excluding carboxylic acids is 1. The number of carboxylic acids is 1. The summed E-state index contributed by atoms with van der Waals surface area (Å²) < 4.78 is 1.74. The Labute approximate surface area is 123 Å². The molecule has 1 aromatic heterocycles. The second-order valence-electron chi connectivity index (χ2n) is 5.63. The van der Waals surface area contributed by atoms with Crippen LogP contribution in [0.1, 0.15) is 45.6 Å².